The fourth-order valence-corrected chi connectivity index (χ4v) is 2.88. The Bertz CT molecular complexity index is 500. The number of benzene rings is 1. The second-order valence-electron chi connectivity index (χ2n) is 4.78. The van der Waals surface area contributed by atoms with Gasteiger partial charge in [0.1, 0.15) is 0 Å². The second kappa shape index (κ2) is 6.64. The van der Waals surface area contributed by atoms with Gasteiger partial charge in [0, 0.05) is 28.2 Å². The van der Waals surface area contributed by atoms with Gasteiger partial charge in [0.05, 0.1) is 5.69 Å². The highest BCUT2D eigenvalue weighted by Crippen LogP contribution is 2.34. The molecule has 0 saturated carbocycles. The fraction of sp³-hybridized carbons (Fsp3) is 0.429. The van der Waals surface area contributed by atoms with E-state index in [0.717, 1.165) is 48.4 Å². The Morgan fingerprint density at radius 3 is 2.84 bits per heavy atom. The van der Waals surface area contributed by atoms with Gasteiger partial charge in [-0.25, -0.2) is 0 Å². The van der Waals surface area contributed by atoms with Gasteiger partial charge in [-0.05, 0) is 48.9 Å². The van der Waals surface area contributed by atoms with Crippen molar-refractivity contribution in [3.05, 3.63) is 45.8 Å². The molecule has 1 heterocycles. The molecule has 0 unspecified atom stereocenters. The van der Waals surface area contributed by atoms with E-state index < -0.39 is 0 Å². The lowest BCUT2D eigenvalue weighted by Gasteiger charge is -2.34. The summed E-state index contributed by atoms with van der Waals surface area (Å²) in [6.45, 7) is 5.81. The summed E-state index contributed by atoms with van der Waals surface area (Å²) in [5.41, 5.74) is 10.4. The summed E-state index contributed by atoms with van der Waals surface area (Å²) in [7, 11) is 0. The van der Waals surface area contributed by atoms with E-state index in [2.05, 4.69) is 37.4 Å². The number of hydrogen-bond acceptors (Lipinski definition) is 2. The quantitative estimate of drug-likeness (QED) is 0.326. The Balaban J connectivity index is 2.16. The topological polar surface area (TPSA) is 52.0 Å². The first kappa shape index (κ1) is 14.0. The van der Waals surface area contributed by atoms with Crippen molar-refractivity contribution >= 4 is 27.3 Å². The standard InChI is InChI=1S/C14H17BrN4/c1-2-3-11-6-8-19(9-7-11)14-10-12(15)4-5-13(14)17-18-16/h2,4-5,10-11H,1,3,6-9H2. The van der Waals surface area contributed by atoms with Crippen LogP contribution in [0, 0.1) is 5.92 Å². The lowest BCUT2D eigenvalue weighted by Crippen LogP contribution is -2.33. The number of hydrogen-bond donors (Lipinski definition) is 0. The van der Waals surface area contributed by atoms with Gasteiger partial charge in [-0.3, -0.25) is 0 Å². The third-order valence-electron chi connectivity index (χ3n) is 3.55. The van der Waals surface area contributed by atoms with Crippen molar-refractivity contribution in [3.8, 4) is 0 Å². The molecule has 4 nitrogen and oxygen atoms in total. The van der Waals surface area contributed by atoms with E-state index >= 15 is 0 Å². The molecule has 2 rings (SSSR count). The van der Waals surface area contributed by atoms with Crippen LogP contribution >= 0.6 is 15.9 Å². The van der Waals surface area contributed by atoms with Gasteiger partial charge < -0.3 is 4.90 Å². The van der Waals surface area contributed by atoms with Gasteiger partial charge in [-0.1, -0.05) is 27.1 Å². The number of rotatable bonds is 4. The highest BCUT2D eigenvalue weighted by Gasteiger charge is 2.20. The van der Waals surface area contributed by atoms with Gasteiger partial charge in [0.15, 0.2) is 0 Å². The van der Waals surface area contributed by atoms with E-state index in [1.54, 1.807) is 0 Å². The summed E-state index contributed by atoms with van der Waals surface area (Å²) in [6, 6.07) is 5.78. The van der Waals surface area contributed by atoms with Crippen LogP contribution in [0.1, 0.15) is 19.3 Å². The molecule has 0 aromatic heterocycles. The van der Waals surface area contributed by atoms with Crippen LogP contribution in [-0.4, -0.2) is 13.1 Å². The molecule has 0 atom stereocenters. The second-order valence-corrected chi connectivity index (χ2v) is 5.69. The average Bonchev–Trinajstić information content (AvgIpc) is 2.42. The molecule has 0 N–H and O–H groups in total. The molecule has 1 aliphatic rings. The summed E-state index contributed by atoms with van der Waals surface area (Å²) in [6.07, 6.45) is 5.42. The Kier molecular flexibility index (Phi) is 4.88. The zero-order chi connectivity index (χ0) is 13.7. The monoisotopic (exact) mass is 320 g/mol. The molecule has 0 spiro atoms. The predicted octanol–water partition coefficient (Wildman–Crippen LogP) is 5.18. The Hall–Kier alpha value is -1.45. The summed E-state index contributed by atoms with van der Waals surface area (Å²) in [5, 5.41) is 3.78. The largest absolute Gasteiger partial charge is 0.371 e. The summed E-state index contributed by atoms with van der Waals surface area (Å²) < 4.78 is 1.01. The van der Waals surface area contributed by atoms with Crippen LogP contribution in [-0.2, 0) is 0 Å². The van der Waals surface area contributed by atoms with Crippen LogP contribution in [0.3, 0.4) is 0 Å². The van der Waals surface area contributed by atoms with E-state index in [4.69, 9.17) is 5.53 Å². The lowest BCUT2D eigenvalue weighted by molar-refractivity contribution is 0.410. The van der Waals surface area contributed by atoms with Crippen LogP contribution in [0.25, 0.3) is 10.4 Å². The molecule has 5 heteroatoms. The Morgan fingerprint density at radius 1 is 1.47 bits per heavy atom. The van der Waals surface area contributed by atoms with Crippen molar-refractivity contribution in [2.24, 2.45) is 11.0 Å². The first-order chi connectivity index (χ1) is 9.24. The van der Waals surface area contributed by atoms with E-state index in [1.165, 1.54) is 0 Å². The van der Waals surface area contributed by atoms with Gasteiger partial charge >= 0.3 is 0 Å². The van der Waals surface area contributed by atoms with E-state index in [1.807, 2.05) is 24.3 Å². The summed E-state index contributed by atoms with van der Waals surface area (Å²) >= 11 is 3.48. The van der Waals surface area contributed by atoms with E-state index in [9.17, 15) is 0 Å². The maximum absolute atomic E-state index is 8.64. The fourth-order valence-electron chi connectivity index (χ4n) is 2.53. The van der Waals surface area contributed by atoms with Crippen LogP contribution in [0.2, 0.25) is 0 Å². The van der Waals surface area contributed by atoms with Crippen molar-refractivity contribution < 1.29 is 0 Å². The minimum atomic E-state index is 0.702. The minimum absolute atomic E-state index is 0.702. The van der Waals surface area contributed by atoms with Crippen LogP contribution in [0.15, 0.2) is 40.4 Å². The molecular weight excluding hydrogens is 304 g/mol. The van der Waals surface area contributed by atoms with Crippen molar-refractivity contribution in [1.29, 1.82) is 0 Å². The van der Waals surface area contributed by atoms with E-state index in [-0.39, 0.29) is 0 Å². The molecule has 1 aliphatic heterocycles. The van der Waals surface area contributed by atoms with Gasteiger partial charge in [-0.15, -0.1) is 6.58 Å². The zero-order valence-corrected chi connectivity index (χ0v) is 12.4. The first-order valence-corrected chi connectivity index (χ1v) is 7.24. The van der Waals surface area contributed by atoms with Gasteiger partial charge in [-0.2, -0.15) is 0 Å². The number of halogens is 1. The molecule has 1 saturated heterocycles. The lowest BCUT2D eigenvalue weighted by atomic mass is 9.93. The van der Waals surface area contributed by atoms with Crippen molar-refractivity contribution in [2.45, 2.75) is 19.3 Å². The summed E-state index contributed by atoms with van der Waals surface area (Å²) in [5.74, 6) is 0.740. The number of piperidine rings is 1. The summed E-state index contributed by atoms with van der Waals surface area (Å²) in [4.78, 5) is 5.21. The molecule has 1 aromatic carbocycles. The third-order valence-corrected chi connectivity index (χ3v) is 4.04. The molecule has 0 bridgehead atoms. The Morgan fingerprint density at radius 2 is 2.21 bits per heavy atom. The number of azide groups is 1. The minimum Gasteiger partial charge on any atom is -0.371 e. The van der Waals surface area contributed by atoms with E-state index in [0.29, 0.717) is 5.69 Å². The molecule has 1 fully saturated rings. The molecule has 0 aliphatic carbocycles. The van der Waals surface area contributed by atoms with Crippen molar-refractivity contribution in [1.82, 2.24) is 0 Å². The predicted molar refractivity (Wildman–Crippen MR) is 82.7 cm³/mol. The van der Waals surface area contributed by atoms with Crippen molar-refractivity contribution in [3.63, 3.8) is 0 Å². The maximum atomic E-state index is 8.64. The average molecular weight is 321 g/mol. The molecule has 1 aromatic rings. The Labute approximate surface area is 121 Å². The number of anilines is 1. The third kappa shape index (κ3) is 3.52. The smallest absolute Gasteiger partial charge is 0.0609 e. The number of nitrogens with zero attached hydrogens (tertiary/aromatic N) is 4. The highest BCUT2D eigenvalue weighted by molar-refractivity contribution is 9.10. The van der Waals surface area contributed by atoms with Gasteiger partial charge in [0.25, 0.3) is 0 Å². The number of allylic oxidation sites excluding steroid dienone is 1. The molecule has 0 radical (unpaired) electrons. The zero-order valence-electron chi connectivity index (χ0n) is 10.8. The molecule has 19 heavy (non-hydrogen) atoms. The normalized spacial score (nSPS) is 15.9. The molecule has 100 valence electrons. The molecule has 0 amide bonds. The first-order valence-electron chi connectivity index (χ1n) is 6.45. The maximum Gasteiger partial charge on any atom is 0.0609 e. The SMILES string of the molecule is C=CCC1CCN(c2cc(Br)ccc2N=[N+]=[N-])CC1. The van der Waals surface area contributed by atoms with Crippen LogP contribution < -0.4 is 4.90 Å². The molecular formula is C14H17BrN4. The van der Waals surface area contributed by atoms with Crippen LogP contribution in [0.5, 0.6) is 0 Å². The van der Waals surface area contributed by atoms with Crippen molar-refractivity contribution in [2.75, 3.05) is 18.0 Å². The van der Waals surface area contributed by atoms with Crippen LogP contribution in [0.4, 0.5) is 11.4 Å². The highest BCUT2D eigenvalue weighted by atomic mass is 79.9. The van der Waals surface area contributed by atoms with Gasteiger partial charge in [0.2, 0.25) is 0 Å².